The highest BCUT2D eigenvalue weighted by Crippen LogP contribution is 2.23. The number of carbonyl (C=O) groups is 1. The molecule has 2 aromatic heterocycles. The number of halogens is 2. The van der Waals surface area contributed by atoms with E-state index in [1.54, 1.807) is 30.6 Å². The summed E-state index contributed by atoms with van der Waals surface area (Å²) in [7, 11) is 0. The average molecular weight is 390 g/mol. The fraction of sp³-hybridized carbons (Fsp3) is 0.300. The fourth-order valence-corrected chi connectivity index (χ4v) is 2.97. The number of H-pyrrole nitrogens is 1. The zero-order valence-electron chi connectivity index (χ0n) is 15.2. The number of aromatic amines is 1. The molecule has 3 aromatic rings. The number of carbonyl (C=O) groups excluding carboxylic acids is 1. The van der Waals surface area contributed by atoms with Crippen molar-refractivity contribution in [3.05, 3.63) is 59.1 Å². The molecule has 0 aliphatic heterocycles. The van der Waals surface area contributed by atoms with Gasteiger partial charge in [-0.3, -0.25) is 4.79 Å². The minimum atomic E-state index is -0.573. The summed E-state index contributed by atoms with van der Waals surface area (Å²) in [6.45, 7) is 4.12. The van der Waals surface area contributed by atoms with Crippen molar-refractivity contribution < 1.29 is 13.9 Å². The topological polar surface area (TPSA) is 67.0 Å². The Bertz CT molecular complexity index is 959. The van der Waals surface area contributed by atoms with Crippen LogP contribution in [0.2, 0.25) is 5.02 Å². The van der Waals surface area contributed by atoms with Crippen LogP contribution in [0.5, 0.6) is 5.88 Å². The predicted molar refractivity (Wildman–Crippen MR) is 104 cm³/mol. The molecule has 0 saturated heterocycles. The zero-order chi connectivity index (χ0) is 19.4. The highest BCUT2D eigenvalue weighted by molar-refractivity contribution is 6.31. The number of hydrogen-bond acceptors (Lipinski definition) is 3. The lowest BCUT2D eigenvalue weighted by atomic mass is 9.99. The lowest BCUT2D eigenvalue weighted by Gasteiger charge is -2.29. The molecule has 2 heterocycles. The molecule has 0 bridgehead atoms. The van der Waals surface area contributed by atoms with E-state index >= 15 is 0 Å². The molecule has 1 aromatic carbocycles. The molecule has 7 heteroatoms. The Morgan fingerprint density at radius 1 is 1.41 bits per heavy atom. The summed E-state index contributed by atoms with van der Waals surface area (Å²) < 4.78 is 19.0. The van der Waals surface area contributed by atoms with Crippen LogP contribution in [0, 0.1) is 5.82 Å². The SMILES string of the molecule is CCC(C)(COc1ncccc1Cl)NC(=O)Cc1c[nH]c2cc(F)ccc12. The third kappa shape index (κ3) is 4.57. The smallest absolute Gasteiger partial charge is 0.232 e. The van der Waals surface area contributed by atoms with Crippen molar-refractivity contribution in [1.82, 2.24) is 15.3 Å². The number of rotatable bonds is 7. The van der Waals surface area contributed by atoms with Gasteiger partial charge in [0.2, 0.25) is 11.8 Å². The second kappa shape index (κ2) is 7.96. The molecule has 0 saturated carbocycles. The van der Waals surface area contributed by atoms with E-state index in [2.05, 4.69) is 15.3 Å². The third-order valence-electron chi connectivity index (χ3n) is 4.55. The van der Waals surface area contributed by atoms with Crippen LogP contribution in [-0.4, -0.2) is 28.0 Å². The summed E-state index contributed by atoms with van der Waals surface area (Å²) in [5.74, 6) is -0.115. The monoisotopic (exact) mass is 389 g/mol. The maximum atomic E-state index is 13.3. The van der Waals surface area contributed by atoms with Crippen LogP contribution < -0.4 is 10.1 Å². The molecule has 2 N–H and O–H groups in total. The Kier molecular flexibility index (Phi) is 5.65. The number of fused-ring (bicyclic) bond motifs is 1. The van der Waals surface area contributed by atoms with Crippen molar-refractivity contribution in [2.45, 2.75) is 32.2 Å². The van der Waals surface area contributed by atoms with Gasteiger partial charge in [0.15, 0.2) is 0 Å². The molecular weight excluding hydrogens is 369 g/mol. The molecule has 0 fully saturated rings. The van der Waals surface area contributed by atoms with E-state index in [-0.39, 0.29) is 24.8 Å². The number of hydrogen-bond donors (Lipinski definition) is 2. The first kappa shape index (κ1) is 19.2. The Labute approximate surface area is 161 Å². The van der Waals surface area contributed by atoms with Crippen LogP contribution in [0.1, 0.15) is 25.8 Å². The van der Waals surface area contributed by atoms with Crippen molar-refractivity contribution in [3.8, 4) is 5.88 Å². The highest BCUT2D eigenvalue weighted by Gasteiger charge is 2.26. The number of pyridine rings is 1. The molecule has 5 nitrogen and oxygen atoms in total. The van der Waals surface area contributed by atoms with Gasteiger partial charge in [0.25, 0.3) is 0 Å². The molecule has 0 spiro atoms. The van der Waals surface area contributed by atoms with E-state index in [1.807, 2.05) is 13.8 Å². The molecule has 0 radical (unpaired) electrons. The van der Waals surface area contributed by atoms with E-state index in [4.69, 9.17) is 16.3 Å². The minimum absolute atomic E-state index is 0.139. The fourth-order valence-electron chi connectivity index (χ4n) is 2.79. The van der Waals surface area contributed by atoms with E-state index in [9.17, 15) is 9.18 Å². The summed E-state index contributed by atoms with van der Waals surface area (Å²) in [4.78, 5) is 19.7. The standard InChI is InChI=1S/C20H21ClFN3O2/c1-3-20(2,12-27-19-16(21)5-4-8-23-19)25-18(26)9-13-11-24-17-10-14(22)6-7-15(13)17/h4-8,10-11,24H,3,9,12H2,1-2H3,(H,25,26). The third-order valence-corrected chi connectivity index (χ3v) is 4.84. The number of aromatic nitrogens is 2. The summed E-state index contributed by atoms with van der Waals surface area (Å²) in [6.07, 6.45) is 4.19. The molecule has 1 atom stereocenters. The largest absolute Gasteiger partial charge is 0.474 e. The number of amides is 1. The second-order valence-electron chi connectivity index (χ2n) is 6.72. The summed E-state index contributed by atoms with van der Waals surface area (Å²) in [5, 5.41) is 4.28. The maximum Gasteiger partial charge on any atom is 0.232 e. The van der Waals surface area contributed by atoms with E-state index in [0.717, 1.165) is 10.9 Å². The van der Waals surface area contributed by atoms with E-state index < -0.39 is 5.54 Å². The number of nitrogens with one attached hydrogen (secondary N) is 2. The van der Waals surface area contributed by atoms with Gasteiger partial charge in [0, 0.05) is 23.3 Å². The Balaban J connectivity index is 1.65. The average Bonchev–Trinajstić information content (AvgIpc) is 3.02. The van der Waals surface area contributed by atoms with Crippen LogP contribution in [0.15, 0.2) is 42.7 Å². The molecule has 3 rings (SSSR count). The normalized spacial score (nSPS) is 13.3. The Hall–Kier alpha value is -2.60. The van der Waals surface area contributed by atoms with Crippen LogP contribution in [0.3, 0.4) is 0 Å². The van der Waals surface area contributed by atoms with Gasteiger partial charge in [-0.25, -0.2) is 9.37 Å². The molecule has 0 aliphatic carbocycles. The highest BCUT2D eigenvalue weighted by atomic mass is 35.5. The van der Waals surface area contributed by atoms with Gasteiger partial charge in [-0.15, -0.1) is 0 Å². The Morgan fingerprint density at radius 3 is 2.96 bits per heavy atom. The lowest BCUT2D eigenvalue weighted by Crippen LogP contribution is -2.50. The molecule has 0 aliphatic rings. The minimum Gasteiger partial charge on any atom is -0.474 e. The van der Waals surface area contributed by atoms with E-state index in [1.165, 1.54) is 12.1 Å². The molecule has 27 heavy (non-hydrogen) atoms. The maximum absolute atomic E-state index is 13.3. The van der Waals surface area contributed by atoms with Crippen LogP contribution in [0.25, 0.3) is 10.9 Å². The predicted octanol–water partition coefficient (Wildman–Crippen LogP) is 4.26. The zero-order valence-corrected chi connectivity index (χ0v) is 15.9. The first-order valence-electron chi connectivity index (χ1n) is 8.70. The van der Waals surface area contributed by atoms with Gasteiger partial charge >= 0.3 is 0 Å². The molecule has 142 valence electrons. The van der Waals surface area contributed by atoms with Crippen molar-refractivity contribution >= 4 is 28.4 Å². The van der Waals surface area contributed by atoms with Crippen molar-refractivity contribution in [1.29, 1.82) is 0 Å². The summed E-state index contributed by atoms with van der Waals surface area (Å²) in [5.41, 5.74) is 0.912. The second-order valence-corrected chi connectivity index (χ2v) is 7.13. The van der Waals surface area contributed by atoms with Crippen molar-refractivity contribution in [2.24, 2.45) is 0 Å². The van der Waals surface area contributed by atoms with Gasteiger partial charge in [-0.1, -0.05) is 18.5 Å². The van der Waals surface area contributed by atoms with Gasteiger partial charge in [-0.05, 0) is 49.2 Å². The first-order chi connectivity index (χ1) is 12.9. The summed E-state index contributed by atoms with van der Waals surface area (Å²) >= 11 is 6.06. The summed E-state index contributed by atoms with van der Waals surface area (Å²) in [6, 6.07) is 7.90. The number of nitrogens with zero attached hydrogens (tertiary/aromatic N) is 1. The van der Waals surface area contributed by atoms with Gasteiger partial charge in [0.05, 0.1) is 12.0 Å². The van der Waals surface area contributed by atoms with E-state index in [0.29, 0.717) is 22.8 Å². The van der Waals surface area contributed by atoms with Crippen molar-refractivity contribution in [3.63, 3.8) is 0 Å². The quantitative estimate of drug-likeness (QED) is 0.634. The van der Waals surface area contributed by atoms with Crippen molar-refractivity contribution in [2.75, 3.05) is 6.61 Å². The van der Waals surface area contributed by atoms with Gasteiger partial charge in [0.1, 0.15) is 17.4 Å². The number of ether oxygens (including phenoxy) is 1. The molecule has 1 amide bonds. The van der Waals surface area contributed by atoms with Crippen LogP contribution in [-0.2, 0) is 11.2 Å². The van der Waals surface area contributed by atoms with Gasteiger partial charge in [-0.2, -0.15) is 0 Å². The lowest BCUT2D eigenvalue weighted by molar-refractivity contribution is -0.122. The molecule has 1 unspecified atom stereocenters. The van der Waals surface area contributed by atoms with Crippen LogP contribution >= 0.6 is 11.6 Å². The number of benzene rings is 1. The molecular formula is C20H21ClFN3O2. The Morgan fingerprint density at radius 2 is 2.22 bits per heavy atom. The van der Waals surface area contributed by atoms with Gasteiger partial charge < -0.3 is 15.0 Å². The van der Waals surface area contributed by atoms with Crippen LogP contribution in [0.4, 0.5) is 4.39 Å². The first-order valence-corrected chi connectivity index (χ1v) is 9.08.